The number of carbonyl (C=O) groups is 1. The Labute approximate surface area is 170 Å². The molecule has 29 heavy (non-hydrogen) atoms. The Balaban J connectivity index is 1.66. The van der Waals surface area contributed by atoms with E-state index in [1.807, 2.05) is 72.6 Å². The van der Waals surface area contributed by atoms with Crippen LogP contribution < -0.4 is 10.1 Å². The molecule has 0 heterocycles. The number of rotatable bonds is 8. The SMILES string of the molecule is COc1ccc(CN(C)CC(=O)NC(c2ccccc2)c2ccccc2)cc1F. The Kier molecular flexibility index (Phi) is 6.98. The molecule has 3 rings (SSSR count). The molecule has 0 spiro atoms. The highest BCUT2D eigenvalue weighted by Gasteiger charge is 2.17. The van der Waals surface area contributed by atoms with Crippen LogP contribution in [0, 0.1) is 5.82 Å². The number of likely N-dealkylation sites (N-methyl/N-ethyl adjacent to an activating group) is 1. The number of halogens is 1. The van der Waals surface area contributed by atoms with Crippen molar-refractivity contribution in [1.29, 1.82) is 0 Å². The zero-order valence-corrected chi connectivity index (χ0v) is 16.6. The van der Waals surface area contributed by atoms with E-state index in [2.05, 4.69) is 5.32 Å². The maximum absolute atomic E-state index is 13.9. The molecule has 0 aliphatic heterocycles. The fourth-order valence-corrected chi connectivity index (χ4v) is 3.28. The topological polar surface area (TPSA) is 41.6 Å². The number of nitrogens with one attached hydrogen (secondary N) is 1. The van der Waals surface area contributed by atoms with Gasteiger partial charge in [-0.25, -0.2) is 4.39 Å². The van der Waals surface area contributed by atoms with Gasteiger partial charge in [0.1, 0.15) is 0 Å². The van der Waals surface area contributed by atoms with Gasteiger partial charge < -0.3 is 10.1 Å². The van der Waals surface area contributed by atoms with Crippen LogP contribution in [-0.4, -0.2) is 31.5 Å². The van der Waals surface area contributed by atoms with E-state index in [0.29, 0.717) is 6.54 Å². The summed E-state index contributed by atoms with van der Waals surface area (Å²) < 4.78 is 18.8. The Morgan fingerprint density at radius 2 is 1.59 bits per heavy atom. The van der Waals surface area contributed by atoms with E-state index in [4.69, 9.17) is 4.74 Å². The summed E-state index contributed by atoms with van der Waals surface area (Å²) in [4.78, 5) is 14.6. The Morgan fingerprint density at radius 1 is 1.00 bits per heavy atom. The van der Waals surface area contributed by atoms with Gasteiger partial charge in [0.05, 0.1) is 19.7 Å². The van der Waals surface area contributed by atoms with E-state index in [9.17, 15) is 9.18 Å². The molecule has 0 aromatic heterocycles. The quantitative estimate of drug-likeness (QED) is 0.626. The van der Waals surface area contributed by atoms with E-state index in [-0.39, 0.29) is 24.2 Å². The average molecular weight is 392 g/mol. The van der Waals surface area contributed by atoms with Crippen molar-refractivity contribution in [3.8, 4) is 5.75 Å². The zero-order chi connectivity index (χ0) is 20.6. The monoisotopic (exact) mass is 392 g/mol. The molecule has 0 aliphatic carbocycles. The first-order valence-corrected chi connectivity index (χ1v) is 9.47. The van der Waals surface area contributed by atoms with Crippen molar-refractivity contribution in [2.75, 3.05) is 20.7 Å². The van der Waals surface area contributed by atoms with Gasteiger partial charge in [-0.2, -0.15) is 0 Å². The summed E-state index contributed by atoms with van der Waals surface area (Å²) in [5.41, 5.74) is 2.82. The molecule has 3 aromatic carbocycles. The van der Waals surface area contributed by atoms with Gasteiger partial charge in [-0.15, -0.1) is 0 Å². The van der Waals surface area contributed by atoms with E-state index in [1.54, 1.807) is 12.1 Å². The molecule has 3 aromatic rings. The number of hydrogen-bond donors (Lipinski definition) is 1. The first-order chi connectivity index (χ1) is 14.1. The maximum Gasteiger partial charge on any atom is 0.234 e. The number of hydrogen-bond acceptors (Lipinski definition) is 3. The van der Waals surface area contributed by atoms with Gasteiger partial charge in [0.15, 0.2) is 11.6 Å². The minimum atomic E-state index is -0.406. The normalized spacial score (nSPS) is 10.9. The molecule has 0 aliphatic rings. The first kappa shape index (κ1) is 20.6. The summed E-state index contributed by atoms with van der Waals surface area (Å²) in [5.74, 6) is -0.294. The van der Waals surface area contributed by atoms with Crippen LogP contribution >= 0.6 is 0 Å². The highest BCUT2D eigenvalue weighted by molar-refractivity contribution is 5.79. The lowest BCUT2D eigenvalue weighted by atomic mass is 9.99. The fourth-order valence-electron chi connectivity index (χ4n) is 3.28. The van der Waals surface area contributed by atoms with Crippen LogP contribution in [0.3, 0.4) is 0 Å². The highest BCUT2D eigenvalue weighted by atomic mass is 19.1. The fraction of sp³-hybridized carbons (Fsp3) is 0.208. The van der Waals surface area contributed by atoms with Crippen LogP contribution in [0.4, 0.5) is 4.39 Å². The smallest absolute Gasteiger partial charge is 0.234 e. The molecule has 0 saturated heterocycles. The predicted molar refractivity (Wildman–Crippen MR) is 112 cm³/mol. The molecular formula is C24H25FN2O2. The van der Waals surface area contributed by atoms with Crippen LogP contribution in [0.5, 0.6) is 5.75 Å². The molecular weight excluding hydrogens is 367 g/mol. The second-order valence-electron chi connectivity index (χ2n) is 6.96. The summed E-state index contributed by atoms with van der Waals surface area (Å²) in [6.45, 7) is 0.652. The molecule has 0 atom stereocenters. The van der Waals surface area contributed by atoms with Gasteiger partial charge in [0.25, 0.3) is 0 Å². The molecule has 0 bridgehead atoms. The van der Waals surface area contributed by atoms with E-state index >= 15 is 0 Å². The van der Waals surface area contributed by atoms with Crippen molar-refractivity contribution in [3.05, 3.63) is 101 Å². The number of benzene rings is 3. The van der Waals surface area contributed by atoms with Gasteiger partial charge in [0, 0.05) is 6.54 Å². The van der Waals surface area contributed by atoms with Crippen LogP contribution in [0.25, 0.3) is 0 Å². The second-order valence-corrected chi connectivity index (χ2v) is 6.96. The number of methoxy groups -OCH3 is 1. The van der Waals surface area contributed by atoms with Crippen molar-refractivity contribution < 1.29 is 13.9 Å². The van der Waals surface area contributed by atoms with Crippen LogP contribution in [0.2, 0.25) is 0 Å². The molecule has 5 heteroatoms. The minimum absolute atomic E-state index is 0.0980. The molecule has 0 radical (unpaired) electrons. The summed E-state index contributed by atoms with van der Waals surface area (Å²) in [7, 11) is 3.27. The lowest BCUT2D eigenvalue weighted by Crippen LogP contribution is -2.37. The zero-order valence-electron chi connectivity index (χ0n) is 16.6. The third-order valence-electron chi connectivity index (χ3n) is 4.65. The van der Waals surface area contributed by atoms with Gasteiger partial charge in [-0.05, 0) is 35.9 Å². The van der Waals surface area contributed by atoms with Crippen molar-refractivity contribution in [3.63, 3.8) is 0 Å². The molecule has 1 amide bonds. The molecule has 1 N–H and O–H groups in total. The van der Waals surface area contributed by atoms with E-state index in [0.717, 1.165) is 16.7 Å². The standard InChI is InChI=1S/C24H25FN2O2/c1-27(16-18-13-14-22(29-2)21(25)15-18)17-23(28)26-24(19-9-5-3-6-10-19)20-11-7-4-8-12-20/h3-15,24H,16-17H2,1-2H3,(H,26,28). The third kappa shape index (κ3) is 5.65. The molecule has 0 fully saturated rings. The summed E-state index contributed by atoms with van der Waals surface area (Å²) in [5, 5.41) is 3.12. The summed E-state index contributed by atoms with van der Waals surface area (Å²) in [6, 6.07) is 24.4. The largest absolute Gasteiger partial charge is 0.494 e. The summed E-state index contributed by atoms with van der Waals surface area (Å²) in [6.07, 6.45) is 0. The van der Waals surface area contributed by atoms with E-state index < -0.39 is 5.82 Å². The number of amides is 1. The highest BCUT2D eigenvalue weighted by Crippen LogP contribution is 2.22. The van der Waals surface area contributed by atoms with Crippen molar-refractivity contribution >= 4 is 5.91 Å². The molecule has 0 saturated carbocycles. The van der Waals surface area contributed by atoms with Gasteiger partial charge in [0.2, 0.25) is 5.91 Å². The van der Waals surface area contributed by atoms with Gasteiger partial charge >= 0.3 is 0 Å². The minimum Gasteiger partial charge on any atom is -0.494 e. The van der Waals surface area contributed by atoms with Crippen LogP contribution in [0.15, 0.2) is 78.9 Å². The van der Waals surface area contributed by atoms with Crippen LogP contribution in [-0.2, 0) is 11.3 Å². The summed E-state index contributed by atoms with van der Waals surface area (Å²) >= 11 is 0. The average Bonchev–Trinajstić information content (AvgIpc) is 2.73. The van der Waals surface area contributed by atoms with Crippen molar-refractivity contribution in [2.45, 2.75) is 12.6 Å². The second kappa shape index (κ2) is 9.85. The Hall–Kier alpha value is -3.18. The third-order valence-corrected chi connectivity index (χ3v) is 4.65. The van der Waals surface area contributed by atoms with Crippen molar-refractivity contribution in [1.82, 2.24) is 10.2 Å². The Morgan fingerprint density at radius 3 is 2.10 bits per heavy atom. The predicted octanol–water partition coefficient (Wildman–Crippen LogP) is 4.17. The number of ether oxygens (including phenoxy) is 1. The maximum atomic E-state index is 13.9. The lowest BCUT2D eigenvalue weighted by molar-refractivity contribution is -0.122. The van der Waals surface area contributed by atoms with Gasteiger partial charge in [-0.1, -0.05) is 66.7 Å². The van der Waals surface area contributed by atoms with E-state index in [1.165, 1.54) is 13.2 Å². The number of carbonyl (C=O) groups excluding carboxylic acids is 1. The molecule has 0 unspecified atom stereocenters. The molecule has 4 nitrogen and oxygen atoms in total. The van der Waals surface area contributed by atoms with Gasteiger partial charge in [-0.3, -0.25) is 9.69 Å². The van der Waals surface area contributed by atoms with Crippen molar-refractivity contribution in [2.24, 2.45) is 0 Å². The Bertz CT molecular complexity index is 893. The van der Waals surface area contributed by atoms with Crippen LogP contribution in [0.1, 0.15) is 22.7 Å². The first-order valence-electron chi connectivity index (χ1n) is 9.47. The lowest BCUT2D eigenvalue weighted by Gasteiger charge is -2.22. The molecule has 150 valence electrons. The number of nitrogens with zero attached hydrogens (tertiary/aromatic N) is 1.